The van der Waals surface area contributed by atoms with Crippen LogP contribution in [0.1, 0.15) is 42.1 Å². The number of methoxy groups -OCH3 is 1. The molecule has 1 aliphatic heterocycles. The summed E-state index contributed by atoms with van der Waals surface area (Å²) in [5.41, 5.74) is 2.94. The fourth-order valence-corrected chi connectivity index (χ4v) is 3.89. The molecule has 6 heteroatoms. The number of carbonyl (C=O) groups excluding carboxylic acids is 2. The molecule has 0 bridgehead atoms. The zero-order valence-corrected chi connectivity index (χ0v) is 18.6. The normalized spacial score (nSPS) is 18.1. The summed E-state index contributed by atoms with van der Waals surface area (Å²) in [7, 11) is 1.58. The van der Waals surface area contributed by atoms with Crippen LogP contribution in [0.15, 0.2) is 48.0 Å². The highest BCUT2D eigenvalue weighted by Gasteiger charge is 2.46. The molecule has 3 rings (SSSR count). The van der Waals surface area contributed by atoms with Crippen molar-refractivity contribution in [3.05, 3.63) is 70.3 Å². The summed E-state index contributed by atoms with van der Waals surface area (Å²) < 4.78 is 11.0. The summed E-state index contributed by atoms with van der Waals surface area (Å²) in [4.78, 5) is 27.5. The lowest BCUT2D eigenvalue weighted by Gasteiger charge is -2.25. The number of nitrogens with zero attached hydrogens (tertiary/aromatic N) is 1. The van der Waals surface area contributed by atoms with Crippen molar-refractivity contribution in [2.75, 3.05) is 20.3 Å². The van der Waals surface area contributed by atoms with E-state index in [1.165, 1.54) is 4.90 Å². The molecule has 2 aromatic rings. The second-order valence-corrected chi connectivity index (χ2v) is 7.96. The molecule has 1 aliphatic rings. The van der Waals surface area contributed by atoms with Crippen LogP contribution in [-0.2, 0) is 14.3 Å². The van der Waals surface area contributed by atoms with E-state index in [4.69, 9.17) is 9.47 Å². The molecule has 1 N–H and O–H groups in total. The Bertz CT molecular complexity index is 1010. The maximum absolute atomic E-state index is 13.1. The second-order valence-electron chi connectivity index (χ2n) is 7.96. The van der Waals surface area contributed by atoms with E-state index in [0.29, 0.717) is 17.9 Å². The van der Waals surface area contributed by atoms with Gasteiger partial charge in [0, 0.05) is 12.1 Å². The maximum Gasteiger partial charge on any atom is 0.295 e. The molecule has 164 valence electrons. The van der Waals surface area contributed by atoms with Crippen LogP contribution in [-0.4, -0.2) is 48.1 Å². The number of carbonyl (C=O) groups is 2. The van der Waals surface area contributed by atoms with Crippen LogP contribution < -0.4 is 4.74 Å². The van der Waals surface area contributed by atoms with Crippen LogP contribution in [0.4, 0.5) is 0 Å². The van der Waals surface area contributed by atoms with Crippen molar-refractivity contribution >= 4 is 17.4 Å². The van der Waals surface area contributed by atoms with Crippen molar-refractivity contribution in [1.82, 2.24) is 4.90 Å². The van der Waals surface area contributed by atoms with Gasteiger partial charge in [-0.1, -0.05) is 30.3 Å². The van der Waals surface area contributed by atoms with E-state index < -0.39 is 17.7 Å². The van der Waals surface area contributed by atoms with Gasteiger partial charge in [-0.3, -0.25) is 9.59 Å². The first-order valence-corrected chi connectivity index (χ1v) is 10.4. The van der Waals surface area contributed by atoms with Gasteiger partial charge in [0.15, 0.2) is 0 Å². The quantitative estimate of drug-likeness (QED) is 0.411. The summed E-state index contributed by atoms with van der Waals surface area (Å²) in [6, 6.07) is 12.2. The monoisotopic (exact) mass is 423 g/mol. The molecule has 1 fully saturated rings. The standard InChI is InChI=1S/C25H29NO5/c1-15(2)31-12-11-26-22(18-9-7-6-8-10-18)21(24(28)25(26)29)23(27)19-13-17(4)20(30-5)14-16(19)3/h6-10,13-15,22,27H,11-12H2,1-5H3/b23-21+. The van der Waals surface area contributed by atoms with Crippen molar-refractivity contribution < 1.29 is 24.2 Å². The third-order valence-electron chi connectivity index (χ3n) is 5.44. The molecule has 2 aromatic carbocycles. The maximum atomic E-state index is 13.1. The van der Waals surface area contributed by atoms with Crippen LogP contribution in [0.5, 0.6) is 5.75 Å². The van der Waals surface area contributed by atoms with E-state index in [1.54, 1.807) is 13.2 Å². The minimum Gasteiger partial charge on any atom is -0.507 e. The van der Waals surface area contributed by atoms with Crippen LogP contribution in [0.3, 0.4) is 0 Å². The van der Waals surface area contributed by atoms with Gasteiger partial charge in [-0.25, -0.2) is 0 Å². The lowest BCUT2D eigenvalue weighted by Crippen LogP contribution is -2.33. The summed E-state index contributed by atoms with van der Waals surface area (Å²) in [6.45, 7) is 8.08. The Labute approximate surface area is 183 Å². The predicted octanol–water partition coefficient (Wildman–Crippen LogP) is 4.16. The van der Waals surface area contributed by atoms with Crippen LogP contribution in [0.2, 0.25) is 0 Å². The van der Waals surface area contributed by atoms with Gasteiger partial charge in [0.2, 0.25) is 0 Å². The average Bonchev–Trinajstić information content (AvgIpc) is 3.00. The highest BCUT2D eigenvalue weighted by Crippen LogP contribution is 2.40. The fourth-order valence-electron chi connectivity index (χ4n) is 3.89. The first kappa shape index (κ1) is 22.6. The molecule has 6 nitrogen and oxygen atoms in total. The lowest BCUT2D eigenvalue weighted by molar-refractivity contribution is -0.140. The van der Waals surface area contributed by atoms with Crippen molar-refractivity contribution in [3.63, 3.8) is 0 Å². The molecule has 0 aliphatic carbocycles. The summed E-state index contributed by atoms with van der Waals surface area (Å²) in [6.07, 6.45) is 0.0110. The Morgan fingerprint density at radius 2 is 1.77 bits per heavy atom. The van der Waals surface area contributed by atoms with Gasteiger partial charge < -0.3 is 19.5 Å². The zero-order chi connectivity index (χ0) is 22.7. The Morgan fingerprint density at radius 1 is 1.10 bits per heavy atom. The molecular formula is C25H29NO5. The van der Waals surface area contributed by atoms with Gasteiger partial charge >= 0.3 is 0 Å². The number of likely N-dealkylation sites (tertiary alicyclic amines) is 1. The number of hydrogen-bond donors (Lipinski definition) is 1. The number of ketones is 1. The highest BCUT2D eigenvalue weighted by atomic mass is 16.5. The van der Waals surface area contributed by atoms with E-state index in [9.17, 15) is 14.7 Å². The zero-order valence-electron chi connectivity index (χ0n) is 18.6. The van der Waals surface area contributed by atoms with Crippen LogP contribution >= 0.6 is 0 Å². The van der Waals surface area contributed by atoms with Gasteiger partial charge in [-0.15, -0.1) is 0 Å². The SMILES string of the molecule is COc1cc(C)c(/C(O)=C2\C(=O)C(=O)N(CCOC(C)C)C2c2ccccc2)cc1C. The highest BCUT2D eigenvalue weighted by molar-refractivity contribution is 6.46. The largest absolute Gasteiger partial charge is 0.507 e. The Morgan fingerprint density at radius 3 is 2.39 bits per heavy atom. The number of aliphatic hydroxyl groups excluding tert-OH is 1. The van der Waals surface area contributed by atoms with Gasteiger partial charge in [-0.05, 0) is 56.5 Å². The summed E-state index contributed by atoms with van der Waals surface area (Å²) >= 11 is 0. The Hall–Kier alpha value is -3.12. The summed E-state index contributed by atoms with van der Waals surface area (Å²) in [5, 5.41) is 11.2. The predicted molar refractivity (Wildman–Crippen MR) is 119 cm³/mol. The van der Waals surface area contributed by atoms with E-state index >= 15 is 0 Å². The van der Waals surface area contributed by atoms with E-state index in [1.807, 2.05) is 64.1 Å². The first-order chi connectivity index (χ1) is 14.8. The Balaban J connectivity index is 2.13. The van der Waals surface area contributed by atoms with Gasteiger partial charge in [0.05, 0.1) is 31.4 Å². The molecule has 0 spiro atoms. The van der Waals surface area contributed by atoms with Crippen LogP contribution in [0.25, 0.3) is 5.76 Å². The van der Waals surface area contributed by atoms with Crippen LogP contribution in [0, 0.1) is 13.8 Å². The molecule has 0 aromatic heterocycles. The Kier molecular flexibility index (Phi) is 6.81. The number of amides is 1. The van der Waals surface area contributed by atoms with E-state index in [0.717, 1.165) is 16.7 Å². The van der Waals surface area contributed by atoms with Crippen molar-refractivity contribution in [1.29, 1.82) is 0 Å². The van der Waals surface area contributed by atoms with Gasteiger partial charge in [-0.2, -0.15) is 0 Å². The molecule has 1 atom stereocenters. The van der Waals surface area contributed by atoms with Gasteiger partial charge in [0.1, 0.15) is 11.5 Å². The smallest absolute Gasteiger partial charge is 0.295 e. The number of ether oxygens (including phenoxy) is 2. The van der Waals surface area contributed by atoms with Crippen molar-refractivity contribution in [2.24, 2.45) is 0 Å². The van der Waals surface area contributed by atoms with Crippen molar-refractivity contribution in [3.8, 4) is 5.75 Å². The third-order valence-corrected chi connectivity index (χ3v) is 5.44. The van der Waals surface area contributed by atoms with E-state index in [-0.39, 0.29) is 24.0 Å². The lowest BCUT2D eigenvalue weighted by atomic mass is 9.93. The number of Topliss-reactive ketones (excluding diaryl/α,β-unsaturated/α-hetero) is 1. The number of benzene rings is 2. The molecule has 1 saturated heterocycles. The topological polar surface area (TPSA) is 76.1 Å². The minimum atomic E-state index is -0.691. The second kappa shape index (κ2) is 9.35. The van der Waals surface area contributed by atoms with Gasteiger partial charge in [0.25, 0.3) is 11.7 Å². The number of aryl methyl sites for hydroxylation is 2. The molecule has 1 amide bonds. The number of hydrogen-bond acceptors (Lipinski definition) is 5. The molecule has 0 saturated carbocycles. The fraction of sp³-hybridized carbons (Fsp3) is 0.360. The van der Waals surface area contributed by atoms with E-state index in [2.05, 4.69) is 0 Å². The van der Waals surface area contributed by atoms with Crippen molar-refractivity contribution in [2.45, 2.75) is 39.8 Å². The minimum absolute atomic E-state index is 0.0110. The molecule has 0 radical (unpaired) electrons. The number of aliphatic hydroxyl groups is 1. The first-order valence-electron chi connectivity index (χ1n) is 10.4. The molecule has 1 heterocycles. The summed E-state index contributed by atoms with van der Waals surface area (Å²) in [5.74, 6) is -0.808. The third kappa shape index (κ3) is 4.49. The number of rotatable bonds is 7. The molecular weight excluding hydrogens is 394 g/mol. The molecule has 1 unspecified atom stereocenters. The molecule has 31 heavy (non-hydrogen) atoms. The average molecular weight is 424 g/mol.